The molecule has 0 N–H and O–H groups in total. The van der Waals surface area contributed by atoms with Crippen molar-refractivity contribution in [3.8, 4) is 0 Å². The lowest BCUT2D eigenvalue weighted by Gasteiger charge is -2.29. The number of hydrogen-bond acceptors (Lipinski definition) is 4. The second-order valence-electron chi connectivity index (χ2n) is 6.01. The number of likely N-dealkylation sites (tertiary alicyclic amines) is 1. The third-order valence-electron chi connectivity index (χ3n) is 3.01. The molecule has 0 radical (unpaired) electrons. The molecule has 0 aromatic heterocycles. The van der Waals surface area contributed by atoms with E-state index in [0.29, 0.717) is 13.0 Å². The fourth-order valence-corrected chi connectivity index (χ4v) is 2.10. The van der Waals surface area contributed by atoms with Gasteiger partial charge in [0.05, 0.1) is 7.11 Å². The van der Waals surface area contributed by atoms with Crippen molar-refractivity contribution in [3.05, 3.63) is 0 Å². The molecule has 6 heteroatoms. The Morgan fingerprint density at radius 1 is 1.32 bits per heavy atom. The van der Waals surface area contributed by atoms with E-state index in [1.54, 1.807) is 7.05 Å². The van der Waals surface area contributed by atoms with Crippen molar-refractivity contribution in [1.82, 2.24) is 9.96 Å². The number of hydroxylamine groups is 2. The van der Waals surface area contributed by atoms with E-state index in [2.05, 4.69) is 0 Å². The Morgan fingerprint density at radius 3 is 2.37 bits per heavy atom. The van der Waals surface area contributed by atoms with Crippen molar-refractivity contribution >= 4 is 12.0 Å². The van der Waals surface area contributed by atoms with Crippen LogP contribution in [0.3, 0.4) is 0 Å². The molecule has 1 heterocycles. The molecule has 1 rings (SSSR count). The van der Waals surface area contributed by atoms with Crippen LogP contribution in [0.1, 0.15) is 34.1 Å². The Labute approximate surface area is 114 Å². The van der Waals surface area contributed by atoms with E-state index < -0.39 is 17.7 Å². The molecule has 0 aromatic rings. The van der Waals surface area contributed by atoms with Gasteiger partial charge in [0, 0.05) is 13.6 Å². The predicted octanol–water partition coefficient (Wildman–Crippen LogP) is 1.65. The Bertz CT molecular complexity index is 351. The molecule has 1 saturated heterocycles. The van der Waals surface area contributed by atoms with Crippen molar-refractivity contribution in [1.29, 1.82) is 0 Å². The van der Waals surface area contributed by atoms with Crippen molar-refractivity contribution in [3.63, 3.8) is 0 Å². The summed E-state index contributed by atoms with van der Waals surface area (Å²) >= 11 is 0. The number of nitrogens with zero attached hydrogens (tertiary/aromatic N) is 2. The van der Waals surface area contributed by atoms with Gasteiger partial charge in [0.25, 0.3) is 5.91 Å². The number of carbonyl (C=O) groups is 2. The Morgan fingerprint density at radius 2 is 1.89 bits per heavy atom. The van der Waals surface area contributed by atoms with E-state index in [9.17, 15) is 9.59 Å². The molecule has 0 saturated carbocycles. The second kappa shape index (κ2) is 5.77. The van der Waals surface area contributed by atoms with E-state index in [4.69, 9.17) is 9.57 Å². The smallest absolute Gasteiger partial charge is 0.410 e. The minimum atomic E-state index is -0.566. The van der Waals surface area contributed by atoms with Crippen molar-refractivity contribution < 1.29 is 19.2 Å². The summed E-state index contributed by atoms with van der Waals surface area (Å²) < 4.78 is 5.34. The highest BCUT2D eigenvalue weighted by molar-refractivity contribution is 5.85. The van der Waals surface area contributed by atoms with Crippen LogP contribution < -0.4 is 0 Å². The number of hydrogen-bond donors (Lipinski definition) is 0. The highest BCUT2D eigenvalue weighted by atomic mass is 16.7. The molecular weight excluding hydrogens is 248 g/mol. The van der Waals surface area contributed by atoms with Gasteiger partial charge in [-0.25, -0.2) is 9.86 Å². The van der Waals surface area contributed by atoms with Crippen LogP contribution in [0.2, 0.25) is 0 Å². The van der Waals surface area contributed by atoms with Gasteiger partial charge in [-0.2, -0.15) is 0 Å². The summed E-state index contributed by atoms with van der Waals surface area (Å²) in [6, 6.07) is -0.505. The maximum absolute atomic E-state index is 12.2. The zero-order valence-electron chi connectivity index (χ0n) is 12.6. The van der Waals surface area contributed by atoms with Gasteiger partial charge in [-0.1, -0.05) is 6.92 Å². The molecule has 0 bridgehead atoms. The standard InChI is InChI=1S/C13H24N2O4/c1-9-7-10(11(16)14(5)18-6)15(8-9)12(17)19-13(2,3)4/h9-10H,7-8H2,1-6H3/t9-,10-/m1/s1. The van der Waals surface area contributed by atoms with Gasteiger partial charge in [0.2, 0.25) is 0 Å². The van der Waals surface area contributed by atoms with Crippen molar-refractivity contribution in [2.75, 3.05) is 20.7 Å². The minimum absolute atomic E-state index is 0.224. The van der Waals surface area contributed by atoms with Gasteiger partial charge >= 0.3 is 6.09 Å². The monoisotopic (exact) mass is 272 g/mol. The number of carbonyl (C=O) groups excluding carboxylic acids is 2. The molecular formula is C13H24N2O4. The number of likely N-dealkylation sites (N-methyl/N-ethyl adjacent to an activating group) is 1. The summed E-state index contributed by atoms with van der Waals surface area (Å²) in [5, 5.41) is 1.15. The zero-order valence-corrected chi connectivity index (χ0v) is 12.6. The lowest BCUT2D eigenvalue weighted by molar-refractivity contribution is -0.173. The highest BCUT2D eigenvalue weighted by Gasteiger charge is 2.41. The summed E-state index contributed by atoms with van der Waals surface area (Å²) in [5.74, 6) is 0.0458. The van der Waals surface area contributed by atoms with Crippen LogP contribution in [0.4, 0.5) is 4.79 Å². The lowest BCUT2D eigenvalue weighted by atomic mass is 10.1. The van der Waals surface area contributed by atoms with E-state index in [1.165, 1.54) is 12.0 Å². The van der Waals surface area contributed by atoms with E-state index >= 15 is 0 Å². The Kier molecular flexibility index (Phi) is 4.79. The molecule has 110 valence electrons. The predicted molar refractivity (Wildman–Crippen MR) is 70.3 cm³/mol. The van der Waals surface area contributed by atoms with Crippen molar-refractivity contribution in [2.24, 2.45) is 5.92 Å². The summed E-state index contributed by atoms with van der Waals surface area (Å²) in [6.07, 6.45) is 0.186. The third kappa shape index (κ3) is 4.09. The number of ether oxygens (including phenoxy) is 1. The number of rotatable bonds is 2. The topological polar surface area (TPSA) is 59.1 Å². The molecule has 0 aliphatic carbocycles. The quantitative estimate of drug-likeness (QED) is 0.717. The molecule has 0 spiro atoms. The highest BCUT2D eigenvalue weighted by Crippen LogP contribution is 2.26. The summed E-state index contributed by atoms with van der Waals surface area (Å²) in [4.78, 5) is 30.7. The third-order valence-corrected chi connectivity index (χ3v) is 3.01. The molecule has 19 heavy (non-hydrogen) atoms. The summed E-state index contributed by atoms with van der Waals surface area (Å²) in [5.41, 5.74) is -0.566. The second-order valence-corrected chi connectivity index (χ2v) is 6.01. The summed E-state index contributed by atoms with van der Waals surface area (Å²) in [7, 11) is 2.96. The largest absolute Gasteiger partial charge is 0.444 e. The van der Waals surface area contributed by atoms with Crippen LogP contribution in [-0.2, 0) is 14.4 Å². The summed E-state index contributed by atoms with van der Waals surface area (Å²) in [6.45, 7) is 7.97. The minimum Gasteiger partial charge on any atom is -0.444 e. The average Bonchev–Trinajstić information content (AvgIpc) is 2.67. The average molecular weight is 272 g/mol. The normalized spacial score (nSPS) is 23.4. The van der Waals surface area contributed by atoms with Gasteiger partial charge in [-0.15, -0.1) is 0 Å². The van der Waals surface area contributed by atoms with Crippen LogP contribution >= 0.6 is 0 Å². The molecule has 6 nitrogen and oxygen atoms in total. The van der Waals surface area contributed by atoms with Crippen LogP contribution in [0.25, 0.3) is 0 Å². The SMILES string of the molecule is CON(C)C(=O)[C@H]1C[C@@H](C)CN1C(=O)OC(C)(C)C. The molecule has 1 fully saturated rings. The first-order valence-corrected chi connectivity index (χ1v) is 6.47. The van der Waals surface area contributed by atoms with Gasteiger partial charge in [0.1, 0.15) is 11.6 Å². The fraction of sp³-hybridized carbons (Fsp3) is 0.846. The molecule has 1 aliphatic rings. The van der Waals surface area contributed by atoms with Crippen LogP contribution in [0, 0.1) is 5.92 Å². The molecule has 2 amide bonds. The first kappa shape index (κ1) is 15.8. The van der Waals surface area contributed by atoms with Gasteiger partial charge in [-0.05, 0) is 33.1 Å². The van der Waals surface area contributed by atoms with Gasteiger partial charge < -0.3 is 4.74 Å². The van der Waals surface area contributed by atoms with Crippen LogP contribution in [-0.4, -0.2) is 54.3 Å². The maximum Gasteiger partial charge on any atom is 0.410 e. The fourth-order valence-electron chi connectivity index (χ4n) is 2.10. The first-order valence-electron chi connectivity index (χ1n) is 6.47. The Hall–Kier alpha value is -1.30. The van der Waals surface area contributed by atoms with Crippen molar-refractivity contribution in [2.45, 2.75) is 45.8 Å². The number of amides is 2. The molecule has 0 aromatic carbocycles. The first-order chi connectivity index (χ1) is 8.65. The molecule has 2 atom stereocenters. The lowest BCUT2D eigenvalue weighted by Crippen LogP contribution is -2.47. The molecule has 0 unspecified atom stereocenters. The van der Waals surface area contributed by atoms with E-state index in [1.807, 2.05) is 27.7 Å². The van der Waals surface area contributed by atoms with Gasteiger partial charge in [0.15, 0.2) is 0 Å². The van der Waals surface area contributed by atoms with E-state index in [-0.39, 0.29) is 11.8 Å². The zero-order chi connectivity index (χ0) is 14.8. The Balaban J connectivity index is 2.80. The van der Waals surface area contributed by atoms with Gasteiger partial charge in [-0.3, -0.25) is 14.5 Å². The van der Waals surface area contributed by atoms with Crippen LogP contribution in [0.5, 0.6) is 0 Å². The van der Waals surface area contributed by atoms with E-state index in [0.717, 1.165) is 5.06 Å². The molecule has 1 aliphatic heterocycles. The maximum atomic E-state index is 12.2. The van der Waals surface area contributed by atoms with Crippen LogP contribution in [0.15, 0.2) is 0 Å².